The Morgan fingerprint density at radius 1 is 1.19 bits per heavy atom. The summed E-state index contributed by atoms with van der Waals surface area (Å²) in [4.78, 5) is 2.38. The van der Waals surface area contributed by atoms with E-state index < -0.39 is 0 Å². The van der Waals surface area contributed by atoms with E-state index in [1.54, 1.807) is 7.11 Å². The van der Waals surface area contributed by atoms with Gasteiger partial charge in [-0.2, -0.15) is 0 Å². The number of nitrogens with two attached hydrogens (primary N) is 1. The maximum absolute atomic E-state index is 5.66. The van der Waals surface area contributed by atoms with Crippen molar-refractivity contribution in [1.29, 1.82) is 0 Å². The van der Waals surface area contributed by atoms with Gasteiger partial charge in [-0.05, 0) is 37.1 Å². The molecule has 0 spiro atoms. The largest absolute Gasteiger partial charge is 0.399 e. The van der Waals surface area contributed by atoms with Crippen LogP contribution in [0, 0.1) is 0 Å². The fourth-order valence-electron chi connectivity index (χ4n) is 2.03. The van der Waals surface area contributed by atoms with Gasteiger partial charge < -0.3 is 15.4 Å². The molecule has 3 nitrogen and oxygen atoms in total. The molecule has 1 fully saturated rings. The van der Waals surface area contributed by atoms with E-state index in [1.165, 1.54) is 5.69 Å². The van der Waals surface area contributed by atoms with Gasteiger partial charge in [-0.3, -0.25) is 0 Å². The molecule has 1 saturated heterocycles. The number of halogens is 1. The van der Waals surface area contributed by atoms with Crippen LogP contribution in [-0.4, -0.2) is 26.3 Å². The summed E-state index contributed by atoms with van der Waals surface area (Å²) < 4.78 is 5.35. The number of hydrogen-bond acceptors (Lipinski definition) is 3. The SMILES string of the molecule is COC1CCN(c2ccc(N)cc2)CC1.Cl. The molecule has 1 aliphatic heterocycles. The second-order valence-corrected chi connectivity index (χ2v) is 4.01. The topological polar surface area (TPSA) is 38.5 Å². The van der Waals surface area contributed by atoms with Crippen molar-refractivity contribution in [2.24, 2.45) is 0 Å². The number of benzene rings is 1. The molecule has 1 aliphatic rings. The quantitative estimate of drug-likeness (QED) is 0.809. The molecule has 0 saturated carbocycles. The van der Waals surface area contributed by atoms with Gasteiger partial charge in [0.05, 0.1) is 6.10 Å². The zero-order chi connectivity index (χ0) is 10.7. The Bertz CT molecular complexity index is 307. The lowest BCUT2D eigenvalue weighted by atomic mass is 10.1. The number of rotatable bonds is 2. The van der Waals surface area contributed by atoms with Crippen LogP contribution in [0.1, 0.15) is 12.8 Å². The van der Waals surface area contributed by atoms with Crippen molar-refractivity contribution in [3.8, 4) is 0 Å². The van der Waals surface area contributed by atoms with Crippen LogP contribution in [0.15, 0.2) is 24.3 Å². The first-order valence-corrected chi connectivity index (χ1v) is 5.43. The second-order valence-electron chi connectivity index (χ2n) is 4.01. The maximum Gasteiger partial charge on any atom is 0.0605 e. The molecule has 0 aromatic heterocycles. The molecule has 4 heteroatoms. The van der Waals surface area contributed by atoms with Gasteiger partial charge in [-0.25, -0.2) is 0 Å². The molecule has 0 radical (unpaired) electrons. The molecule has 0 amide bonds. The van der Waals surface area contributed by atoms with E-state index in [2.05, 4.69) is 17.0 Å². The monoisotopic (exact) mass is 242 g/mol. The Balaban J connectivity index is 0.00000128. The predicted octanol–water partition coefficient (Wildman–Crippen LogP) is 2.31. The molecule has 1 aromatic rings. The minimum absolute atomic E-state index is 0. The summed E-state index contributed by atoms with van der Waals surface area (Å²) in [6.45, 7) is 2.14. The molecule has 0 aliphatic carbocycles. The lowest BCUT2D eigenvalue weighted by Crippen LogP contribution is -2.36. The van der Waals surface area contributed by atoms with Crippen molar-refractivity contribution in [3.05, 3.63) is 24.3 Å². The first-order valence-electron chi connectivity index (χ1n) is 5.43. The molecule has 1 heterocycles. The van der Waals surface area contributed by atoms with Crippen LogP contribution in [0.25, 0.3) is 0 Å². The molecule has 1 aromatic carbocycles. The number of anilines is 2. The Labute approximate surface area is 103 Å². The van der Waals surface area contributed by atoms with Crippen molar-refractivity contribution < 1.29 is 4.74 Å². The minimum atomic E-state index is 0. The van der Waals surface area contributed by atoms with Crippen molar-refractivity contribution in [1.82, 2.24) is 0 Å². The van der Waals surface area contributed by atoms with Crippen molar-refractivity contribution in [3.63, 3.8) is 0 Å². The van der Waals surface area contributed by atoms with Crippen LogP contribution < -0.4 is 10.6 Å². The third kappa shape index (κ3) is 3.03. The Morgan fingerprint density at radius 2 is 1.75 bits per heavy atom. The van der Waals surface area contributed by atoms with Crippen molar-refractivity contribution in [2.75, 3.05) is 30.8 Å². The number of ether oxygens (including phenoxy) is 1. The molecule has 2 rings (SSSR count). The first-order chi connectivity index (χ1) is 7.29. The summed E-state index contributed by atoms with van der Waals surface area (Å²) in [5.74, 6) is 0. The normalized spacial score (nSPS) is 16.9. The highest BCUT2D eigenvalue weighted by Gasteiger charge is 2.18. The lowest BCUT2D eigenvalue weighted by molar-refractivity contribution is 0.0819. The Hall–Kier alpha value is -0.930. The second kappa shape index (κ2) is 5.97. The van der Waals surface area contributed by atoms with Gasteiger partial charge in [-0.15, -0.1) is 12.4 Å². The summed E-state index contributed by atoms with van der Waals surface area (Å²) in [6, 6.07) is 8.08. The minimum Gasteiger partial charge on any atom is -0.399 e. The van der Waals surface area contributed by atoms with E-state index >= 15 is 0 Å². The molecule has 0 atom stereocenters. The molecular formula is C12H19ClN2O. The molecule has 2 N–H and O–H groups in total. The van der Waals surface area contributed by atoms with E-state index in [-0.39, 0.29) is 12.4 Å². The Morgan fingerprint density at radius 3 is 2.25 bits per heavy atom. The average molecular weight is 243 g/mol. The van der Waals surface area contributed by atoms with Crippen LogP contribution in [0.5, 0.6) is 0 Å². The van der Waals surface area contributed by atoms with Gasteiger partial charge in [0.2, 0.25) is 0 Å². The van der Waals surface area contributed by atoms with Crippen LogP contribution in [-0.2, 0) is 4.74 Å². The van der Waals surface area contributed by atoms with Crippen LogP contribution in [0.4, 0.5) is 11.4 Å². The van der Waals surface area contributed by atoms with E-state index in [0.29, 0.717) is 6.10 Å². The molecule has 16 heavy (non-hydrogen) atoms. The summed E-state index contributed by atoms with van der Waals surface area (Å²) in [5, 5.41) is 0. The van der Waals surface area contributed by atoms with Gasteiger partial charge in [0.15, 0.2) is 0 Å². The van der Waals surface area contributed by atoms with Gasteiger partial charge >= 0.3 is 0 Å². The number of piperidine rings is 1. The third-order valence-electron chi connectivity index (χ3n) is 3.03. The van der Waals surface area contributed by atoms with Crippen LogP contribution >= 0.6 is 12.4 Å². The molecule has 90 valence electrons. The summed E-state index contributed by atoms with van der Waals surface area (Å²) in [5.41, 5.74) is 7.75. The highest BCUT2D eigenvalue weighted by atomic mass is 35.5. The summed E-state index contributed by atoms with van der Waals surface area (Å²) in [7, 11) is 1.80. The number of nitrogen functional groups attached to an aromatic ring is 1. The zero-order valence-corrected chi connectivity index (χ0v) is 10.4. The fraction of sp³-hybridized carbons (Fsp3) is 0.500. The Kier molecular flexibility index (Phi) is 4.90. The number of hydrogen-bond donors (Lipinski definition) is 1. The standard InChI is InChI=1S/C12H18N2O.ClH/c1-15-12-6-8-14(9-7-12)11-4-2-10(13)3-5-11;/h2-5,12H,6-9,13H2,1H3;1H. The van der Waals surface area contributed by atoms with E-state index in [1.807, 2.05) is 12.1 Å². The maximum atomic E-state index is 5.66. The third-order valence-corrected chi connectivity index (χ3v) is 3.03. The van der Waals surface area contributed by atoms with Gasteiger partial charge in [-0.1, -0.05) is 0 Å². The van der Waals surface area contributed by atoms with Gasteiger partial charge in [0.25, 0.3) is 0 Å². The average Bonchev–Trinajstić information content (AvgIpc) is 2.30. The van der Waals surface area contributed by atoms with Gasteiger partial charge in [0, 0.05) is 31.6 Å². The molecular weight excluding hydrogens is 224 g/mol. The number of nitrogens with zero attached hydrogens (tertiary/aromatic N) is 1. The van der Waals surface area contributed by atoms with Gasteiger partial charge in [0.1, 0.15) is 0 Å². The zero-order valence-electron chi connectivity index (χ0n) is 9.56. The number of methoxy groups -OCH3 is 1. The smallest absolute Gasteiger partial charge is 0.0605 e. The van der Waals surface area contributed by atoms with Crippen LogP contribution in [0.3, 0.4) is 0 Å². The molecule has 0 bridgehead atoms. The van der Waals surface area contributed by atoms with E-state index in [9.17, 15) is 0 Å². The lowest BCUT2D eigenvalue weighted by Gasteiger charge is -2.32. The highest BCUT2D eigenvalue weighted by molar-refractivity contribution is 5.85. The summed E-state index contributed by atoms with van der Waals surface area (Å²) >= 11 is 0. The highest BCUT2D eigenvalue weighted by Crippen LogP contribution is 2.21. The van der Waals surface area contributed by atoms with Crippen molar-refractivity contribution in [2.45, 2.75) is 18.9 Å². The van der Waals surface area contributed by atoms with Crippen molar-refractivity contribution >= 4 is 23.8 Å². The fourth-order valence-corrected chi connectivity index (χ4v) is 2.03. The predicted molar refractivity (Wildman–Crippen MR) is 70.3 cm³/mol. The van der Waals surface area contributed by atoms with E-state index in [4.69, 9.17) is 10.5 Å². The molecule has 0 unspecified atom stereocenters. The van der Waals surface area contributed by atoms with Crippen LogP contribution in [0.2, 0.25) is 0 Å². The van der Waals surface area contributed by atoms with E-state index in [0.717, 1.165) is 31.6 Å². The first kappa shape index (κ1) is 13.1. The summed E-state index contributed by atoms with van der Waals surface area (Å²) in [6.07, 6.45) is 2.66.